The lowest BCUT2D eigenvalue weighted by Crippen LogP contribution is -2.30. The van der Waals surface area contributed by atoms with E-state index < -0.39 is 11.5 Å². The van der Waals surface area contributed by atoms with Gasteiger partial charge in [0.15, 0.2) is 0 Å². The van der Waals surface area contributed by atoms with E-state index in [9.17, 15) is 9.59 Å². The zero-order valence-electron chi connectivity index (χ0n) is 18.6. The summed E-state index contributed by atoms with van der Waals surface area (Å²) in [5.74, 6) is 0.418. The number of methoxy groups -OCH3 is 1. The number of aromatic nitrogens is 3. The number of nitrogens with zero attached hydrogens (tertiary/aromatic N) is 3. The number of rotatable bonds is 6. The first kappa shape index (κ1) is 23.5. The molecule has 4 rings (SSSR count). The zero-order valence-corrected chi connectivity index (χ0v) is 20.1. The third-order valence-corrected chi connectivity index (χ3v) is 5.67. The highest BCUT2D eigenvalue weighted by molar-refractivity contribution is 6.31. The summed E-state index contributed by atoms with van der Waals surface area (Å²) in [6, 6.07) is 13.6. The smallest absolute Gasteiger partial charge is 0.264 e. The van der Waals surface area contributed by atoms with Crippen LogP contribution in [-0.4, -0.2) is 27.7 Å². The lowest BCUT2D eigenvalue weighted by molar-refractivity contribution is -0.116. The summed E-state index contributed by atoms with van der Waals surface area (Å²) in [6.45, 7) is 3.29. The number of hydrogen-bond acceptors (Lipinski definition) is 6. The van der Waals surface area contributed by atoms with E-state index in [2.05, 4.69) is 15.5 Å². The van der Waals surface area contributed by atoms with E-state index in [1.54, 1.807) is 62.4 Å². The van der Waals surface area contributed by atoms with Crippen molar-refractivity contribution >= 4 is 34.8 Å². The van der Waals surface area contributed by atoms with Gasteiger partial charge in [-0.15, -0.1) is 0 Å². The van der Waals surface area contributed by atoms with Crippen LogP contribution in [0.5, 0.6) is 5.75 Å². The highest BCUT2D eigenvalue weighted by atomic mass is 35.5. The molecule has 0 aliphatic rings. The monoisotopic (exact) mass is 498 g/mol. The van der Waals surface area contributed by atoms with Crippen molar-refractivity contribution in [2.24, 2.45) is 0 Å². The molecule has 4 aromatic rings. The van der Waals surface area contributed by atoms with Crippen molar-refractivity contribution in [2.75, 3.05) is 12.4 Å². The normalized spacial score (nSPS) is 10.9. The molecule has 0 atom stereocenters. The molecular formula is C24H20Cl2N4O4. The number of pyridine rings is 1. The Labute approximate surface area is 205 Å². The van der Waals surface area contributed by atoms with Crippen LogP contribution in [-0.2, 0) is 11.3 Å². The van der Waals surface area contributed by atoms with Crippen LogP contribution in [0.1, 0.15) is 11.3 Å². The second kappa shape index (κ2) is 9.70. The van der Waals surface area contributed by atoms with Gasteiger partial charge in [-0.1, -0.05) is 28.4 Å². The molecule has 0 aliphatic heterocycles. The third-order valence-electron chi connectivity index (χ3n) is 5.18. The third kappa shape index (κ3) is 4.83. The van der Waals surface area contributed by atoms with Gasteiger partial charge in [0.1, 0.15) is 17.9 Å². The Morgan fingerprint density at radius 3 is 2.50 bits per heavy atom. The van der Waals surface area contributed by atoms with Gasteiger partial charge < -0.3 is 19.1 Å². The molecule has 2 aromatic heterocycles. The van der Waals surface area contributed by atoms with E-state index in [-0.39, 0.29) is 18.0 Å². The molecule has 0 radical (unpaired) electrons. The Bertz CT molecular complexity index is 1430. The van der Waals surface area contributed by atoms with Gasteiger partial charge in [-0.25, -0.2) is 0 Å². The average molecular weight is 499 g/mol. The summed E-state index contributed by atoms with van der Waals surface area (Å²) in [5, 5.41) is 7.75. The molecule has 174 valence electrons. The highest BCUT2D eigenvalue weighted by Crippen LogP contribution is 2.28. The number of carbonyl (C=O) groups is 1. The Balaban J connectivity index is 1.65. The first-order valence-electron chi connectivity index (χ1n) is 10.2. The van der Waals surface area contributed by atoms with E-state index in [0.29, 0.717) is 44.1 Å². The highest BCUT2D eigenvalue weighted by Gasteiger charge is 2.20. The van der Waals surface area contributed by atoms with Gasteiger partial charge in [-0.2, -0.15) is 4.98 Å². The first-order valence-corrected chi connectivity index (χ1v) is 11.0. The number of carbonyl (C=O) groups excluding carboxylic acids is 1. The standard InChI is InChI=1S/C24H20Cl2N4O4/c1-13-10-14(2)30(12-20(31)27-18-11-17(26)8-9-19(18)33-3)24(32)21(13)23-28-22(29-34-23)15-4-6-16(25)7-5-15/h4-11H,12H2,1-3H3,(H,27,31). The predicted molar refractivity (Wildman–Crippen MR) is 131 cm³/mol. The van der Waals surface area contributed by atoms with Crippen LogP contribution in [0.4, 0.5) is 5.69 Å². The molecule has 0 unspecified atom stereocenters. The van der Waals surface area contributed by atoms with Crippen LogP contribution >= 0.6 is 23.2 Å². The van der Waals surface area contributed by atoms with Gasteiger partial charge in [0.25, 0.3) is 11.4 Å². The van der Waals surface area contributed by atoms with E-state index in [4.69, 9.17) is 32.5 Å². The molecule has 0 spiro atoms. The molecule has 0 saturated carbocycles. The lowest BCUT2D eigenvalue weighted by Gasteiger charge is -2.14. The van der Waals surface area contributed by atoms with Crippen LogP contribution < -0.4 is 15.6 Å². The fourth-order valence-corrected chi connectivity index (χ4v) is 3.83. The first-order chi connectivity index (χ1) is 16.3. The predicted octanol–water partition coefficient (Wildman–Crippen LogP) is 5.14. The van der Waals surface area contributed by atoms with E-state index in [1.165, 1.54) is 11.7 Å². The zero-order chi connectivity index (χ0) is 24.4. The minimum atomic E-state index is -0.423. The van der Waals surface area contributed by atoms with Crippen molar-refractivity contribution in [2.45, 2.75) is 20.4 Å². The molecule has 1 N–H and O–H groups in total. The summed E-state index contributed by atoms with van der Waals surface area (Å²) < 4.78 is 12.0. The Morgan fingerprint density at radius 1 is 1.09 bits per heavy atom. The van der Waals surface area contributed by atoms with Gasteiger partial charge in [0.2, 0.25) is 11.7 Å². The lowest BCUT2D eigenvalue weighted by atomic mass is 10.1. The molecule has 0 fully saturated rings. The largest absolute Gasteiger partial charge is 0.495 e. The average Bonchev–Trinajstić information content (AvgIpc) is 3.27. The Morgan fingerprint density at radius 2 is 1.79 bits per heavy atom. The maximum atomic E-state index is 13.4. The molecule has 10 heteroatoms. The van der Waals surface area contributed by atoms with Crippen molar-refractivity contribution in [1.82, 2.24) is 14.7 Å². The van der Waals surface area contributed by atoms with Crippen LogP contribution in [0.25, 0.3) is 22.8 Å². The molecule has 0 aliphatic carbocycles. The van der Waals surface area contributed by atoms with Crippen molar-refractivity contribution in [3.05, 3.63) is 80.2 Å². The topological polar surface area (TPSA) is 99.2 Å². The minimum Gasteiger partial charge on any atom is -0.495 e. The second-order valence-corrected chi connectivity index (χ2v) is 8.43. The maximum absolute atomic E-state index is 13.4. The molecule has 34 heavy (non-hydrogen) atoms. The summed E-state index contributed by atoms with van der Waals surface area (Å²) in [6.07, 6.45) is 0. The molecule has 1 amide bonds. The maximum Gasteiger partial charge on any atom is 0.264 e. The van der Waals surface area contributed by atoms with Crippen LogP contribution in [0, 0.1) is 13.8 Å². The van der Waals surface area contributed by atoms with Gasteiger partial charge in [0, 0.05) is 21.3 Å². The van der Waals surface area contributed by atoms with Crippen molar-refractivity contribution in [1.29, 1.82) is 0 Å². The number of benzene rings is 2. The van der Waals surface area contributed by atoms with Crippen molar-refractivity contribution < 1.29 is 14.1 Å². The number of hydrogen-bond donors (Lipinski definition) is 1. The summed E-state index contributed by atoms with van der Waals surface area (Å²) in [5.41, 5.74) is 2.17. The number of ether oxygens (including phenoxy) is 1. The summed E-state index contributed by atoms with van der Waals surface area (Å²) in [7, 11) is 1.49. The van der Waals surface area contributed by atoms with Gasteiger partial charge in [0.05, 0.1) is 12.8 Å². The summed E-state index contributed by atoms with van der Waals surface area (Å²) >= 11 is 12.0. The molecule has 0 saturated heterocycles. The quantitative estimate of drug-likeness (QED) is 0.395. The fourth-order valence-electron chi connectivity index (χ4n) is 3.54. The second-order valence-electron chi connectivity index (χ2n) is 7.56. The molecule has 2 heterocycles. The van der Waals surface area contributed by atoms with Crippen LogP contribution in [0.3, 0.4) is 0 Å². The van der Waals surface area contributed by atoms with E-state index >= 15 is 0 Å². The van der Waals surface area contributed by atoms with Crippen molar-refractivity contribution in [3.8, 4) is 28.6 Å². The number of anilines is 1. The molecule has 0 bridgehead atoms. The Hall–Kier alpha value is -3.62. The van der Waals surface area contributed by atoms with E-state index in [0.717, 1.165) is 0 Å². The number of amides is 1. The number of aryl methyl sites for hydroxylation is 2. The van der Waals surface area contributed by atoms with Crippen LogP contribution in [0.2, 0.25) is 10.0 Å². The van der Waals surface area contributed by atoms with Crippen LogP contribution in [0.15, 0.2) is 57.8 Å². The molecular weight excluding hydrogens is 479 g/mol. The number of nitrogens with one attached hydrogen (secondary N) is 1. The fraction of sp³-hybridized carbons (Fsp3) is 0.167. The van der Waals surface area contributed by atoms with Gasteiger partial charge in [-0.3, -0.25) is 9.59 Å². The molecule has 2 aromatic carbocycles. The Kier molecular flexibility index (Phi) is 6.72. The minimum absolute atomic E-state index is 0.0677. The van der Waals surface area contributed by atoms with Gasteiger partial charge in [-0.05, 0) is 67.9 Å². The van der Waals surface area contributed by atoms with E-state index in [1.807, 2.05) is 0 Å². The summed E-state index contributed by atoms with van der Waals surface area (Å²) in [4.78, 5) is 30.5. The molecule has 8 nitrogen and oxygen atoms in total. The SMILES string of the molecule is COc1ccc(Cl)cc1NC(=O)Cn1c(C)cc(C)c(-c2nc(-c3ccc(Cl)cc3)no2)c1=O. The number of halogens is 2. The van der Waals surface area contributed by atoms with Gasteiger partial charge >= 0.3 is 0 Å². The van der Waals surface area contributed by atoms with Crippen molar-refractivity contribution in [3.63, 3.8) is 0 Å².